The van der Waals surface area contributed by atoms with Crippen LogP contribution in [0, 0.1) is 0 Å². The molecule has 1 saturated heterocycles. The molecule has 2 aromatic rings. The molecule has 8 nitrogen and oxygen atoms in total. The Labute approximate surface area is 189 Å². The molecule has 1 amide bonds. The van der Waals surface area contributed by atoms with Crippen molar-refractivity contribution in [3.05, 3.63) is 53.6 Å². The minimum Gasteiger partial charge on any atom is -0.454 e. The number of nitrogens with one attached hydrogen (secondary N) is 1. The van der Waals surface area contributed by atoms with Gasteiger partial charge in [0.15, 0.2) is 11.5 Å². The fourth-order valence-electron chi connectivity index (χ4n) is 4.04. The summed E-state index contributed by atoms with van der Waals surface area (Å²) in [5, 5.41) is 2.84. The first kappa shape index (κ1) is 22.4. The third-order valence-electron chi connectivity index (χ3n) is 5.67. The van der Waals surface area contributed by atoms with Gasteiger partial charge in [0.05, 0.1) is 11.9 Å². The number of rotatable bonds is 8. The van der Waals surface area contributed by atoms with Crippen molar-refractivity contribution in [1.29, 1.82) is 0 Å². The van der Waals surface area contributed by atoms with Crippen molar-refractivity contribution in [2.45, 2.75) is 32.4 Å². The lowest BCUT2D eigenvalue weighted by Crippen LogP contribution is -2.40. The molecule has 0 atom stereocenters. The minimum atomic E-state index is -3.67. The van der Waals surface area contributed by atoms with Gasteiger partial charge in [-0.2, -0.15) is 0 Å². The van der Waals surface area contributed by atoms with Crippen LogP contribution in [0.25, 0.3) is 0 Å². The van der Waals surface area contributed by atoms with Crippen molar-refractivity contribution in [2.75, 3.05) is 37.0 Å². The number of nitrogens with zero attached hydrogens (tertiary/aromatic N) is 2. The van der Waals surface area contributed by atoms with Gasteiger partial charge in [0, 0.05) is 19.2 Å². The molecule has 2 aliphatic rings. The molecule has 2 aliphatic heterocycles. The van der Waals surface area contributed by atoms with E-state index in [4.69, 9.17) is 9.47 Å². The molecule has 0 aliphatic carbocycles. The number of carbonyl (C=O) groups is 1. The number of sulfonamides is 1. The van der Waals surface area contributed by atoms with Crippen molar-refractivity contribution in [2.24, 2.45) is 0 Å². The summed E-state index contributed by atoms with van der Waals surface area (Å²) in [6.45, 7) is 3.28. The van der Waals surface area contributed by atoms with Crippen LogP contribution >= 0.6 is 0 Å². The van der Waals surface area contributed by atoms with Crippen molar-refractivity contribution in [3.8, 4) is 11.5 Å². The van der Waals surface area contributed by atoms with Crippen LogP contribution in [0.2, 0.25) is 0 Å². The molecule has 0 spiro atoms. The zero-order valence-electron chi connectivity index (χ0n) is 18.2. The maximum Gasteiger partial charge on any atom is 0.241 e. The normalized spacial score (nSPS) is 16.0. The lowest BCUT2D eigenvalue weighted by Gasteiger charge is -2.26. The lowest BCUT2D eigenvalue weighted by molar-refractivity contribution is -0.119. The molecule has 4 rings (SSSR count). The van der Waals surface area contributed by atoms with Crippen LogP contribution in [0.4, 0.5) is 5.69 Å². The summed E-state index contributed by atoms with van der Waals surface area (Å²) in [5.41, 5.74) is 2.56. The summed E-state index contributed by atoms with van der Waals surface area (Å²) in [4.78, 5) is 15.1. The van der Waals surface area contributed by atoms with Gasteiger partial charge in [0.2, 0.25) is 22.7 Å². The Kier molecular flexibility index (Phi) is 6.86. The number of hydrogen-bond donors (Lipinski definition) is 1. The molecule has 0 bridgehead atoms. The average Bonchev–Trinajstić information content (AvgIpc) is 3.24. The van der Waals surface area contributed by atoms with Gasteiger partial charge in [-0.05, 0) is 49.2 Å². The largest absolute Gasteiger partial charge is 0.454 e. The number of amides is 1. The highest BCUT2D eigenvalue weighted by atomic mass is 32.2. The summed E-state index contributed by atoms with van der Waals surface area (Å²) in [6.07, 6.45) is 4.88. The van der Waals surface area contributed by atoms with Crippen LogP contribution in [-0.2, 0) is 27.9 Å². The van der Waals surface area contributed by atoms with E-state index in [1.165, 1.54) is 24.8 Å². The number of carbonyl (C=O) groups excluding carboxylic acids is 1. The molecule has 9 heteroatoms. The van der Waals surface area contributed by atoms with Crippen molar-refractivity contribution in [3.63, 3.8) is 0 Å². The number of ether oxygens (including phenoxy) is 2. The SMILES string of the molecule is CS(=O)(=O)N(CC(=O)NCc1cccc(CN2CCCCC2)c1)c1ccc2c(c1)OCO2. The zero-order valence-corrected chi connectivity index (χ0v) is 19.1. The van der Waals surface area contributed by atoms with Crippen LogP contribution in [0.1, 0.15) is 30.4 Å². The molecule has 1 N–H and O–H groups in total. The van der Waals surface area contributed by atoms with Crippen LogP contribution in [0.15, 0.2) is 42.5 Å². The molecule has 0 radical (unpaired) electrons. The Hall–Kier alpha value is -2.78. The number of likely N-dealkylation sites (tertiary alicyclic amines) is 1. The number of hydrogen-bond acceptors (Lipinski definition) is 6. The average molecular weight is 460 g/mol. The highest BCUT2D eigenvalue weighted by Gasteiger charge is 2.23. The molecule has 0 aromatic heterocycles. The number of piperidine rings is 1. The van der Waals surface area contributed by atoms with E-state index in [0.29, 0.717) is 23.7 Å². The standard InChI is InChI=1S/C23H29N3O5S/c1-32(28,29)26(20-8-9-21-22(13-20)31-17-30-21)16-23(27)24-14-18-6-5-7-19(12-18)15-25-10-3-2-4-11-25/h5-9,12-13H,2-4,10-11,14-17H2,1H3,(H,24,27). The van der Waals surface area contributed by atoms with E-state index < -0.39 is 10.0 Å². The summed E-state index contributed by atoms with van der Waals surface area (Å²) in [5.74, 6) is 0.632. The topological polar surface area (TPSA) is 88.2 Å². The number of anilines is 1. The van der Waals surface area contributed by atoms with E-state index in [2.05, 4.69) is 22.3 Å². The Morgan fingerprint density at radius 3 is 2.56 bits per heavy atom. The second-order valence-electron chi connectivity index (χ2n) is 8.24. The van der Waals surface area contributed by atoms with Gasteiger partial charge in [-0.15, -0.1) is 0 Å². The highest BCUT2D eigenvalue weighted by molar-refractivity contribution is 7.92. The van der Waals surface area contributed by atoms with Gasteiger partial charge >= 0.3 is 0 Å². The molecule has 0 saturated carbocycles. The monoisotopic (exact) mass is 459 g/mol. The summed E-state index contributed by atoms with van der Waals surface area (Å²) < 4.78 is 36.4. The van der Waals surface area contributed by atoms with E-state index in [0.717, 1.165) is 35.8 Å². The van der Waals surface area contributed by atoms with Gasteiger partial charge < -0.3 is 14.8 Å². The van der Waals surface area contributed by atoms with E-state index in [9.17, 15) is 13.2 Å². The molecule has 172 valence electrons. The molecular weight excluding hydrogens is 430 g/mol. The molecule has 2 aromatic carbocycles. The quantitative estimate of drug-likeness (QED) is 0.653. The van der Waals surface area contributed by atoms with Crippen molar-refractivity contribution in [1.82, 2.24) is 10.2 Å². The fraction of sp³-hybridized carbons (Fsp3) is 0.435. The van der Waals surface area contributed by atoms with Gasteiger partial charge in [-0.3, -0.25) is 14.0 Å². The number of fused-ring (bicyclic) bond motifs is 1. The van der Waals surface area contributed by atoms with E-state index in [-0.39, 0.29) is 19.2 Å². The second-order valence-corrected chi connectivity index (χ2v) is 10.1. The number of benzene rings is 2. The van der Waals surface area contributed by atoms with Crippen molar-refractivity contribution >= 4 is 21.6 Å². The molecule has 0 unspecified atom stereocenters. The summed E-state index contributed by atoms with van der Waals surface area (Å²) >= 11 is 0. The van der Waals surface area contributed by atoms with Gasteiger partial charge in [-0.1, -0.05) is 30.7 Å². The Morgan fingerprint density at radius 2 is 1.78 bits per heavy atom. The summed E-state index contributed by atoms with van der Waals surface area (Å²) in [6, 6.07) is 13.0. The maximum absolute atomic E-state index is 12.6. The lowest BCUT2D eigenvalue weighted by atomic mass is 10.1. The first-order chi connectivity index (χ1) is 15.4. The Balaban J connectivity index is 1.37. The van der Waals surface area contributed by atoms with Crippen LogP contribution < -0.4 is 19.1 Å². The van der Waals surface area contributed by atoms with E-state index >= 15 is 0 Å². The van der Waals surface area contributed by atoms with Crippen LogP contribution in [-0.4, -0.2) is 51.9 Å². The zero-order chi connectivity index (χ0) is 22.6. The third-order valence-corrected chi connectivity index (χ3v) is 6.81. The predicted octanol–water partition coefficient (Wildman–Crippen LogP) is 2.48. The van der Waals surface area contributed by atoms with Crippen LogP contribution in [0.5, 0.6) is 11.5 Å². The molecular formula is C23H29N3O5S. The summed E-state index contributed by atoms with van der Waals surface area (Å²) in [7, 11) is -3.67. The first-order valence-corrected chi connectivity index (χ1v) is 12.7. The fourth-order valence-corrected chi connectivity index (χ4v) is 4.89. The Bertz CT molecular complexity index is 1070. The first-order valence-electron chi connectivity index (χ1n) is 10.8. The van der Waals surface area contributed by atoms with Crippen molar-refractivity contribution < 1.29 is 22.7 Å². The maximum atomic E-state index is 12.6. The van der Waals surface area contributed by atoms with Crippen LogP contribution in [0.3, 0.4) is 0 Å². The molecule has 2 heterocycles. The smallest absolute Gasteiger partial charge is 0.241 e. The van der Waals surface area contributed by atoms with Gasteiger partial charge in [-0.25, -0.2) is 8.42 Å². The molecule has 32 heavy (non-hydrogen) atoms. The molecule has 1 fully saturated rings. The second kappa shape index (κ2) is 9.79. The minimum absolute atomic E-state index is 0.0922. The van der Waals surface area contributed by atoms with Gasteiger partial charge in [0.1, 0.15) is 6.54 Å². The predicted molar refractivity (Wildman–Crippen MR) is 122 cm³/mol. The highest BCUT2D eigenvalue weighted by Crippen LogP contribution is 2.36. The van der Waals surface area contributed by atoms with E-state index in [1.807, 2.05) is 12.1 Å². The van der Waals surface area contributed by atoms with Gasteiger partial charge in [0.25, 0.3) is 0 Å². The van der Waals surface area contributed by atoms with E-state index in [1.54, 1.807) is 18.2 Å². The Morgan fingerprint density at radius 1 is 1.03 bits per heavy atom. The third kappa shape index (κ3) is 5.72.